The molecule has 3 aromatic carbocycles. The number of quaternary nitrogens is 1. The number of aryl methyl sites for hydroxylation is 2. The molecule has 1 fully saturated rings. The summed E-state index contributed by atoms with van der Waals surface area (Å²) in [6.45, 7) is 3.98. The molecule has 1 atom stereocenters. The summed E-state index contributed by atoms with van der Waals surface area (Å²) in [6.07, 6.45) is 6.14. The lowest BCUT2D eigenvalue weighted by Gasteiger charge is -2.38. The Morgan fingerprint density at radius 1 is 1.07 bits per heavy atom. The second-order valence-corrected chi connectivity index (χ2v) is 11.3. The molecule has 224 valence electrons. The van der Waals surface area contributed by atoms with E-state index < -0.39 is 5.69 Å². The van der Waals surface area contributed by atoms with Crippen LogP contribution in [0.4, 0.5) is 11.5 Å². The smallest absolute Gasteiger partial charge is 0.339 e. The van der Waals surface area contributed by atoms with Crippen molar-refractivity contribution in [1.29, 1.82) is 0 Å². The molecule has 1 saturated carbocycles. The molecular formula is C33H33N7O4. The van der Waals surface area contributed by atoms with Gasteiger partial charge in [0.15, 0.2) is 11.5 Å². The molecule has 1 aliphatic carbocycles. The zero-order valence-electron chi connectivity index (χ0n) is 24.7. The largest absolute Gasteiger partial charge is 0.633 e. The number of carbonyl (C=O) groups excluding carboxylic acids is 1. The summed E-state index contributed by atoms with van der Waals surface area (Å²) in [4.78, 5) is 35.4. The van der Waals surface area contributed by atoms with Crippen molar-refractivity contribution in [2.24, 2.45) is 0 Å². The van der Waals surface area contributed by atoms with Crippen molar-refractivity contribution in [2.75, 3.05) is 24.6 Å². The molecule has 1 amide bonds. The molecule has 0 bridgehead atoms. The van der Waals surface area contributed by atoms with Gasteiger partial charge in [-0.2, -0.15) is 0 Å². The van der Waals surface area contributed by atoms with Gasteiger partial charge in [0.2, 0.25) is 5.91 Å². The molecule has 44 heavy (non-hydrogen) atoms. The van der Waals surface area contributed by atoms with Gasteiger partial charge in [0.25, 0.3) is 0 Å². The van der Waals surface area contributed by atoms with Gasteiger partial charge in [-0.3, -0.25) is 9.36 Å². The van der Waals surface area contributed by atoms with Crippen molar-refractivity contribution in [3.63, 3.8) is 0 Å². The Morgan fingerprint density at radius 3 is 2.57 bits per heavy atom. The predicted molar refractivity (Wildman–Crippen MR) is 170 cm³/mol. The van der Waals surface area contributed by atoms with Crippen molar-refractivity contribution >= 4 is 28.6 Å². The van der Waals surface area contributed by atoms with Crippen LogP contribution in [0.5, 0.6) is 11.5 Å². The minimum absolute atomic E-state index is 0.115. The first-order valence-corrected chi connectivity index (χ1v) is 14.3. The van der Waals surface area contributed by atoms with Gasteiger partial charge in [0.05, 0.1) is 31.0 Å². The Balaban J connectivity index is 1.35. The van der Waals surface area contributed by atoms with E-state index in [-0.39, 0.29) is 29.0 Å². The molecule has 11 heteroatoms. The number of amides is 1. The van der Waals surface area contributed by atoms with Crippen molar-refractivity contribution in [1.82, 2.24) is 19.1 Å². The van der Waals surface area contributed by atoms with E-state index in [4.69, 9.17) is 10.5 Å². The zero-order valence-corrected chi connectivity index (χ0v) is 24.7. The predicted octanol–water partition coefficient (Wildman–Crippen LogP) is 5.16. The van der Waals surface area contributed by atoms with Crippen LogP contribution in [0.2, 0.25) is 0 Å². The first-order chi connectivity index (χ1) is 21.1. The van der Waals surface area contributed by atoms with Crippen LogP contribution in [0.1, 0.15) is 24.0 Å². The molecule has 2 aromatic heterocycles. The van der Waals surface area contributed by atoms with Crippen LogP contribution < -0.4 is 21.5 Å². The number of hydrogen-bond donors (Lipinski definition) is 2. The van der Waals surface area contributed by atoms with Gasteiger partial charge in [-0.15, -0.1) is 0 Å². The third-order valence-corrected chi connectivity index (χ3v) is 7.68. The van der Waals surface area contributed by atoms with Crippen LogP contribution in [0, 0.1) is 19.1 Å². The van der Waals surface area contributed by atoms with E-state index >= 15 is 0 Å². The van der Waals surface area contributed by atoms with Crippen LogP contribution in [0.25, 0.3) is 22.5 Å². The first-order valence-electron chi connectivity index (χ1n) is 14.3. The molecule has 6 rings (SSSR count). The third kappa shape index (κ3) is 5.83. The number of ether oxygens (including phenoxy) is 1. The number of hydrogen-bond acceptors (Lipinski definition) is 7. The van der Waals surface area contributed by atoms with Crippen LogP contribution in [0.15, 0.2) is 90.0 Å². The van der Waals surface area contributed by atoms with E-state index in [9.17, 15) is 14.8 Å². The Kier molecular flexibility index (Phi) is 7.50. The second kappa shape index (κ2) is 11.4. The van der Waals surface area contributed by atoms with Gasteiger partial charge < -0.3 is 25.6 Å². The Morgan fingerprint density at radius 2 is 1.84 bits per heavy atom. The molecule has 1 aliphatic rings. The molecule has 5 aromatic rings. The van der Waals surface area contributed by atoms with E-state index in [0.29, 0.717) is 39.7 Å². The number of para-hydroxylation sites is 1. The second-order valence-electron chi connectivity index (χ2n) is 11.3. The van der Waals surface area contributed by atoms with E-state index in [1.165, 1.54) is 21.5 Å². The van der Waals surface area contributed by atoms with Crippen molar-refractivity contribution < 1.29 is 14.2 Å². The molecule has 0 spiro atoms. The number of nitrogen functional groups attached to an aromatic ring is 1. The maximum absolute atomic E-state index is 14.2. The van der Waals surface area contributed by atoms with Crippen molar-refractivity contribution in [3.05, 3.63) is 112 Å². The average Bonchev–Trinajstić information content (AvgIpc) is 3.79. The Hall–Kier alpha value is -5.26. The zero-order chi connectivity index (χ0) is 31.0. The van der Waals surface area contributed by atoms with Crippen LogP contribution in [-0.4, -0.2) is 49.3 Å². The molecule has 1 unspecified atom stereocenters. The molecule has 0 aliphatic heterocycles. The number of rotatable bonds is 9. The molecular weight excluding hydrogens is 558 g/mol. The molecule has 11 nitrogen and oxygen atoms in total. The molecule has 2 heterocycles. The molecule has 0 saturated heterocycles. The highest BCUT2D eigenvalue weighted by Crippen LogP contribution is 2.31. The highest BCUT2D eigenvalue weighted by Gasteiger charge is 2.34. The number of anilines is 2. The van der Waals surface area contributed by atoms with Gasteiger partial charge in [-0.1, -0.05) is 18.2 Å². The number of carbonyl (C=O) groups is 1. The summed E-state index contributed by atoms with van der Waals surface area (Å²) in [7, 11) is 1.63. The lowest BCUT2D eigenvalue weighted by Crippen LogP contribution is -2.39. The van der Waals surface area contributed by atoms with Gasteiger partial charge in [-0.25, -0.2) is 19.3 Å². The number of nitrogens with two attached hydrogens (primary N) is 1. The Labute approximate surface area is 254 Å². The van der Waals surface area contributed by atoms with Gasteiger partial charge in [-0.05, 0) is 79.6 Å². The number of likely N-dealkylation sites (N-methyl/N-ethyl adjacent to an activating group) is 1. The normalized spacial score (nSPS) is 14.5. The van der Waals surface area contributed by atoms with E-state index in [1.54, 1.807) is 37.4 Å². The monoisotopic (exact) mass is 591 g/mol. The highest BCUT2D eigenvalue weighted by molar-refractivity contribution is 5.99. The SMILES string of the molecule is Cc1cc(NC(=O)/C=C/C[N+](C)([O-])C2CC2)cc(-n2c(=O)n(-c3ccc(Oc4ccccc4)cc3C)c3c(N)ncnc32)c1. The maximum atomic E-state index is 14.2. The fraction of sp³-hybridized carbons (Fsp3) is 0.212. The van der Waals surface area contributed by atoms with Gasteiger partial charge in [0.1, 0.15) is 23.3 Å². The lowest BCUT2D eigenvalue weighted by atomic mass is 10.2. The number of imidazole rings is 1. The van der Waals surface area contributed by atoms with Crippen LogP contribution in [-0.2, 0) is 4.79 Å². The van der Waals surface area contributed by atoms with Crippen LogP contribution in [0.3, 0.4) is 0 Å². The summed E-state index contributed by atoms with van der Waals surface area (Å²) in [6, 6.07) is 20.3. The van der Waals surface area contributed by atoms with Crippen molar-refractivity contribution in [3.8, 4) is 22.9 Å². The molecule has 0 radical (unpaired) electrons. The number of aromatic nitrogens is 4. The molecule has 3 N–H and O–H groups in total. The minimum atomic E-state index is -0.401. The highest BCUT2D eigenvalue weighted by atomic mass is 16.5. The number of nitrogens with one attached hydrogen (secondary N) is 1. The van der Waals surface area contributed by atoms with E-state index in [0.717, 1.165) is 24.0 Å². The quantitative estimate of drug-likeness (QED) is 0.137. The van der Waals surface area contributed by atoms with Gasteiger partial charge >= 0.3 is 5.69 Å². The number of nitrogens with zero attached hydrogens (tertiary/aromatic N) is 5. The summed E-state index contributed by atoms with van der Waals surface area (Å²) >= 11 is 0. The summed E-state index contributed by atoms with van der Waals surface area (Å²) < 4.78 is 8.55. The summed E-state index contributed by atoms with van der Waals surface area (Å²) in [5, 5.41) is 15.4. The van der Waals surface area contributed by atoms with Crippen molar-refractivity contribution in [2.45, 2.75) is 32.7 Å². The minimum Gasteiger partial charge on any atom is -0.633 e. The topological polar surface area (TPSA) is 140 Å². The summed E-state index contributed by atoms with van der Waals surface area (Å²) in [5.41, 5.74) is 9.79. The Bertz CT molecular complexity index is 1960. The average molecular weight is 592 g/mol. The van der Waals surface area contributed by atoms with Crippen LogP contribution >= 0.6 is 0 Å². The first kappa shape index (κ1) is 28.8. The standard InChI is InChI=1S/C33H33N7O4/c1-21-16-23(37-29(41)10-7-15-40(3,43)25-11-12-25)19-24(17-21)38-32-30(31(34)35-20-36-32)39(33(38)42)28-14-13-27(18-22(28)2)44-26-8-5-4-6-9-26/h4-10,13-14,16-20,25H,11-12,15H2,1-3H3,(H,37,41)(H2,34,35,36)/b10-7+. The number of fused-ring (bicyclic) bond motifs is 1. The fourth-order valence-electron chi connectivity index (χ4n) is 5.36. The maximum Gasteiger partial charge on any atom is 0.339 e. The lowest BCUT2D eigenvalue weighted by molar-refractivity contribution is -0.865. The van der Waals surface area contributed by atoms with Gasteiger partial charge in [0, 0.05) is 24.6 Å². The van der Waals surface area contributed by atoms with E-state index in [1.807, 2.05) is 56.3 Å². The summed E-state index contributed by atoms with van der Waals surface area (Å²) in [5.74, 6) is 1.10. The third-order valence-electron chi connectivity index (χ3n) is 7.68. The number of hydroxylamine groups is 3. The number of benzene rings is 3. The fourth-order valence-corrected chi connectivity index (χ4v) is 5.36. The van der Waals surface area contributed by atoms with E-state index in [2.05, 4.69) is 15.3 Å².